The summed E-state index contributed by atoms with van der Waals surface area (Å²) in [4.78, 5) is 0. The zero-order valence-electron chi connectivity index (χ0n) is 13.1. The van der Waals surface area contributed by atoms with Gasteiger partial charge in [0, 0.05) is 6.61 Å². The van der Waals surface area contributed by atoms with E-state index in [4.69, 9.17) is 22.6 Å². The molecule has 0 saturated heterocycles. The minimum Gasteiger partial charge on any atom is -0.396 e. The van der Waals surface area contributed by atoms with Crippen LogP contribution in [0.1, 0.15) is 72.1 Å². The molecule has 0 amide bonds. The molecule has 0 aliphatic carbocycles. The fourth-order valence-corrected chi connectivity index (χ4v) is 1.96. The third kappa shape index (κ3) is 26.4. The Morgan fingerprint density at radius 2 is 1.20 bits per heavy atom. The molecule has 0 radical (unpaired) electrons. The van der Waals surface area contributed by atoms with E-state index in [1.54, 1.807) is 0 Å². The maximum atomic E-state index is 8.89. The first-order valence-corrected chi connectivity index (χ1v) is 8.91. The van der Waals surface area contributed by atoms with Crippen molar-refractivity contribution in [2.75, 3.05) is 6.61 Å². The Labute approximate surface area is 124 Å². The predicted octanol–water partition coefficient (Wildman–Crippen LogP) is 3.74. The molecule has 0 aromatic rings. The van der Waals surface area contributed by atoms with Gasteiger partial charge >= 0.3 is 10.4 Å². The Bertz CT molecular complexity index is 282. The SMILES string of the molecule is CCCCCC(C)CCCCC(C)CO.O=S(=O)(O)O. The molecule has 5 nitrogen and oxygen atoms in total. The van der Waals surface area contributed by atoms with Crippen molar-refractivity contribution in [1.82, 2.24) is 0 Å². The van der Waals surface area contributed by atoms with Crippen LogP contribution in [-0.2, 0) is 10.4 Å². The molecule has 0 heterocycles. The first kappa shape index (κ1) is 22.1. The molecule has 0 aliphatic heterocycles. The van der Waals surface area contributed by atoms with Gasteiger partial charge in [0.15, 0.2) is 0 Å². The van der Waals surface area contributed by atoms with Gasteiger partial charge in [0.05, 0.1) is 0 Å². The maximum Gasteiger partial charge on any atom is 0.394 e. The minimum absolute atomic E-state index is 0.353. The zero-order valence-corrected chi connectivity index (χ0v) is 13.9. The second-order valence-corrected chi connectivity index (χ2v) is 6.52. The Hall–Kier alpha value is -0.170. The summed E-state index contributed by atoms with van der Waals surface area (Å²) in [6.07, 6.45) is 10.7. The molecule has 2 unspecified atom stereocenters. The molecule has 0 aromatic carbocycles. The number of rotatable bonds is 10. The summed E-state index contributed by atoms with van der Waals surface area (Å²) in [7, 11) is -4.67. The Morgan fingerprint density at radius 3 is 1.55 bits per heavy atom. The van der Waals surface area contributed by atoms with E-state index in [-0.39, 0.29) is 0 Å². The van der Waals surface area contributed by atoms with Gasteiger partial charge in [-0.1, -0.05) is 65.7 Å². The fourth-order valence-electron chi connectivity index (χ4n) is 1.96. The van der Waals surface area contributed by atoms with Crippen molar-refractivity contribution >= 4 is 10.4 Å². The van der Waals surface area contributed by atoms with Crippen LogP contribution in [-0.4, -0.2) is 29.2 Å². The smallest absolute Gasteiger partial charge is 0.394 e. The molecule has 0 saturated carbocycles. The normalized spacial score (nSPS) is 14.3. The molecule has 20 heavy (non-hydrogen) atoms. The number of hydrogen-bond donors (Lipinski definition) is 3. The van der Waals surface area contributed by atoms with Crippen molar-refractivity contribution in [3.05, 3.63) is 0 Å². The van der Waals surface area contributed by atoms with Gasteiger partial charge in [0.2, 0.25) is 0 Å². The van der Waals surface area contributed by atoms with E-state index in [2.05, 4.69) is 20.8 Å². The molecular formula is C14H32O5S. The number of hydrogen-bond acceptors (Lipinski definition) is 3. The van der Waals surface area contributed by atoms with E-state index in [1.165, 1.54) is 51.4 Å². The van der Waals surface area contributed by atoms with E-state index in [1.807, 2.05) is 0 Å². The van der Waals surface area contributed by atoms with Crippen molar-refractivity contribution in [3.8, 4) is 0 Å². The lowest BCUT2D eigenvalue weighted by molar-refractivity contribution is 0.226. The van der Waals surface area contributed by atoms with E-state index >= 15 is 0 Å². The van der Waals surface area contributed by atoms with Gasteiger partial charge in [-0.15, -0.1) is 0 Å². The highest BCUT2D eigenvalue weighted by atomic mass is 32.3. The lowest BCUT2D eigenvalue weighted by Crippen LogP contribution is -2.01. The van der Waals surface area contributed by atoms with Gasteiger partial charge < -0.3 is 5.11 Å². The summed E-state index contributed by atoms with van der Waals surface area (Å²) in [6, 6.07) is 0. The van der Waals surface area contributed by atoms with Crippen LogP contribution >= 0.6 is 0 Å². The average Bonchev–Trinajstić information content (AvgIpc) is 2.32. The lowest BCUT2D eigenvalue weighted by atomic mass is 9.95. The van der Waals surface area contributed by atoms with Gasteiger partial charge in [-0.05, 0) is 18.3 Å². The standard InChI is InChI=1S/C14H30O.H2O4S/c1-4-5-6-9-13(2)10-7-8-11-14(3)12-15;1-5(2,3)4/h13-15H,4-12H2,1-3H3;(H2,1,2,3,4). The Morgan fingerprint density at radius 1 is 0.850 bits per heavy atom. The Balaban J connectivity index is 0. The number of aliphatic hydroxyl groups excluding tert-OH is 1. The third-order valence-electron chi connectivity index (χ3n) is 3.26. The summed E-state index contributed by atoms with van der Waals surface area (Å²) in [6.45, 7) is 7.13. The van der Waals surface area contributed by atoms with Crippen LogP contribution in [0.3, 0.4) is 0 Å². The molecule has 0 bridgehead atoms. The predicted molar refractivity (Wildman–Crippen MR) is 82.2 cm³/mol. The molecule has 0 aromatic heterocycles. The Kier molecular flexibility index (Phi) is 15.3. The minimum atomic E-state index is -4.67. The molecule has 6 heteroatoms. The first-order chi connectivity index (χ1) is 9.20. The topological polar surface area (TPSA) is 94.8 Å². The molecule has 0 aliphatic rings. The molecule has 0 fully saturated rings. The maximum absolute atomic E-state index is 8.89. The quantitative estimate of drug-likeness (QED) is 0.422. The van der Waals surface area contributed by atoms with Crippen molar-refractivity contribution in [2.45, 2.75) is 72.1 Å². The van der Waals surface area contributed by atoms with E-state index in [9.17, 15) is 0 Å². The highest BCUT2D eigenvalue weighted by molar-refractivity contribution is 7.79. The van der Waals surface area contributed by atoms with Crippen LogP contribution in [0, 0.1) is 11.8 Å². The lowest BCUT2D eigenvalue weighted by Gasteiger charge is -2.11. The zero-order chi connectivity index (χ0) is 16.0. The van der Waals surface area contributed by atoms with Crippen LogP contribution in [0.2, 0.25) is 0 Å². The van der Waals surface area contributed by atoms with Crippen molar-refractivity contribution in [1.29, 1.82) is 0 Å². The number of unbranched alkanes of at least 4 members (excludes halogenated alkanes) is 3. The van der Waals surface area contributed by atoms with E-state index < -0.39 is 10.4 Å². The highest BCUT2D eigenvalue weighted by Crippen LogP contribution is 2.17. The highest BCUT2D eigenvalue weighted by Gasteiger charge is 2.03. The number of aliphatic hydroxyl groups is 1. The third-order valence-corrected chi connectivity index (χ3v) is 3.26. The monoisotopic (exact) mass is 312 g/mol. The van der Waals surface area contributed by atoms with Crippen molar-refractivity contribution in [3.63, 3.8) is 0 Å². The first-order valence-electron chi connectivity index (χ1n) is 7.51. The van der Waals surface area contributed by atoms with E-state index in [0.29, 0.717) is 12.5 Å². The molecule has 0 rings (SSSR count). The molecule has 0 spiro atoms. The van der Waals surface area contributed by atoms with Crippen LogP contribution < -0.4 is 0 Å². The van der Waals surface area contributed by atoms with Crippen LogP contribution in [0.4, 0.5) is 0 Å². The molecule has 2 atom stereocenters. The van der Waals surface area contributed by atoms with Crippen LogP contribution in [0.5, 0.6) is 0 Å². The second kappa shape index (κ2) is 13.8. The van der Waals surface area contributed by atoms with Gasteiger partial charge in [-0.2, -0.15) is 8.42 Å². The van der Waals surface area contributed by atoms with Gasteiger partial charge in [0.1, 0.15) is 0 Å². The van der Waals surface area contributed by atoms with Gasteiger partial charge in [-0.25, -0.2) is 0 Å². The average molecular weight is 312 g/mol. The molecule has 3 N–H and O–H groups in total. The fraction of sp³-hybridized carbons (Fsp3) is 1.00. The summed E-state index contributed by atoms with van der Waals surface area (Å²) in [5, 5.41) is 8.89. The van der Waals surface area contributed by atoms with E-state index in [0.717, 1.165) is 5.92 Å². The van der Waals surface area contributed by atoms with Gasteiger partial charge in [0.25, 0.3) is 0 Å². The summed E-state index contributed by atoms with van der Waals surface area (Å²) >= 11 is 0. The molecule has 124 valence electrons. The second-order valence-electron chi connectivity index (χ2n) is 5.62. The van der Waals surface area contributed by atoms with Gasteiger partial charge in [-0.3, -0.25) is 9.11 Å². The van der Waals surface area contributed by atoms with Crippen molar-refractivity contribution in [2.24, 2.45) is 11.8 Å². The molecular weight excluding hydrogens is 280 g/mol. The van der Waals surface area contributed by atoms with Crippen LogP contribution in [0.15, 0.2) is 0 Å². The summed E-state index contributed by atoms with van der Waals surface area (Å²) < 4.78 is 31.6. The summed E-state index contributed by atoms with van der Waals surface area (Å²) in [5.74, 6) is 1.40. The van der Waals surface area contributed by atoms with Crippen LogP contribution in [0.25, 0.3) is 0 Å². The summed E-state index contributed by atoms with van der Waals surface area (Å²) in [5.41, 5.74) is 0. The van der Waals surface area contributed by atoms with Crippen molar-refractivity contribution < 1.29 is 22.6 Å². The largest absolute Gasteiger partial charge is 0.396 e.